The van der Waals surface area contributed by atoms with Gasteiger partial charge in [0.05, 0.1) is 6.61 Å². The van der Waals surface area contributed by atoms with E-state index in [0.717, 1.165) is 0 Å². The van der Waals surface area contributed by atoms with Crippen LogP contribution in [0.15, 0.2) is 29.8 Å². The van der Waals surface area contributed by atoms with Gasteiger partial charge < -0.3 is 14.4 Å². The Morgan fingerprint density at radius 1 is 1.11 bits per heavy atom. The van der Waals surface area contributed by atoms with Crippen molar-refractivity contribution in [3.05, 3.63) is 35.4 Å². The number of nitriles is 1. The lowest BCUT2D eigenvalue weighted by Crippen LogP contribution is -2.47. The number of esters is 1. The van der Waals surface area contributed by atoms with Crippen molar-refractivity contribution in [3.8, 4) is 11.8 Å². The van der Waals surface area contributed by atoms with E-state index in [1.54, 1.807) is 29.2 Å². The van der Waals surface area contributed by atoms with E-state index in [1.165, 1.54) is 13.0 Å². The van der Waals surface area contributed by atoms with E-state index in [9.17, 15) is 14.9 Å². The minimum atomic E-state index is -0.973. The van der Waals surface area contributed by atoms with Gasteiger partial charge in [0.15, 0.2) is 6.10 Å². The average molecular weight is 372 g/mol. The molecule has 0 N–H and O–H groups in total. The minimum Gasteiger partial charge on any atom is -0.494 e. The van der Waals surface area contributed by atoms with Crippen LogP contribution < -0.4 is 4.74 Å². The maximum Gasteiger partial charge on any atom is 0.349 e. The van der Waals surface area contributed by atoms with Crippen molar-refractivity contribution in [2.24, 2.45) is 0 Å². The largest absolute Gasteiger partial charge is 0.494 e. The quantitative estimate of drug-likeness (QED) is 0.396. The van der Waals surface area contributed by atoms with Crippen molar-refractivity contribution in [1.82, 2.24) is 4.90 Å². The predicted octanol–water partition coefficient (Wildman–Crippen LogP) is 3.57. The summed E-state index contributed by atoms with van der Waals surface area (Å²) >= 11 is 0. The maximum atomic E-state index is 12.6. The Bertz CT molecular complexity index is 707. The fraction of sp³-hybridized carbons (Fsp3) is 0.476. The normalized spacial score (nSPS) is 12.5. The lowest BCUT2D eigenvalue weighted by Gasteiger charge is -2.32. The summed E-state index contributed by atoms with van der Waals surface area (Å²) in [6.45, 7) is 11.6. The Morgan fingerprint density at radius 2 is 1.67 bits per heavy atom. The molecular weight excluding hydrogens is 344 g/mol. The fourth-order valence-electron chi connectivity index (χ4n) is 2.72. The van der Waals surface area contributed by atoms with Gasteiger partial charge in [0.1, 0.15) is 17.4 Å². The van der Waals surface area contributed by atoms with Gasteiger partial charge in [0.25, 0.3) is 5.91 Å². The van der Waals surface area contributed by atoms with Crippen molar-refractivity contribution in [2.45, 2.75) is 59.7 Å². The number of rotatable bonds is 8. The third kappa shape index (κ3) is 6.45. The Labute approximate surface area is 161 Å². The Hall–Kier alpha value is -2.81. The molecule has 1 rings (SSSR count). The molecule has 1 aromatic rings. The van der Waals surface area contributed by atoms with Gasteiger partial charge in [0.2, 0.25) is 0 Å². The number of carbonyl (C=O) groups excluding carboxylic acids is 2. The second-order valence-electron chi connectivity index (χ2n) is 6.65. The fourth-order valence-corrected chi connectivity index (χ4v) is 2.72. The summed E-state index contributed by atoms with van der Waals surface area (Å²) in [5.74, 6) is -0.399. The van der Waals surface area contributed by atoms with Crippen molar-refractivity contribution >= 4 is 18.0 Å². The number of hydrogen-bond acceptors (Lipinski definition) is 5. The average Bonchev–Trinajstić information content (AvgIpc) is 2.60. The molecule has 0 spiro atoms. The summed E-state index contributed by atoms with van der Waals surface area (Å²) in [6.07, 6.45) is 0.456. The molecule has 6 nitrogen and oxygen atoms in total. The first-order chi connectivity index (χ1) is 12.7. The molecule has 0 saturated heterocycles. The van der Waals surface area contributed by atoms with Crippen molar-refractivity contribution < 1.29 is 19.1 Å². The maximum absolute atomic E-state index is 12.6. The predicted molar refractivity (Wildman–Crippen MR) is 104 cm³/mol. The van der Waals surface area contributed by atoms with Crippen molar-refractivity contribution in [3.63, 3.8) is 0 Å². The zero-order valence-electron chi connectivity index (χ0n) is 16.9. The molecule has 0 heterocycles. The highest BCUT2D eigenvalue weighted by Gasteiger charge is 2.28. The van der Waals surface area contributed by atoms with Gasteiger partial charge in [-0.15, -0.1) is 0 Å². The molecule has 0 bridgehead atoms. The molecule has 0 fully saturated rings. The Balaban J connectivity index is 2.88. The second-order valence-corrected chi connectivity index (χ2v) is 6.65. The summed E-state index contributed by atoms with van der Waals surface area (Å²) in [5, 5.41) is 9.29. The molecule has 0 aromatic heterocycles. The van der Waals surface area contributed by atoms with Crippen LogP contribution in [0.3, 0.4) is 0 Å². The first-order valence-electron chi connectivity index (χ1n) is 9.09. The zero-order valence-corrected chi connectivity index (χ0v) is 16.9. The first-order valence-corrected chi connectivity index (χ1v) is 9.09. The molecule has 1 aromatic carbocycles. The highest BCUT2D eigenvalue weighted by molar-refractivity contribution is 5.99. The number of benzene rings is 1. The van der Waals surface area contributed by atoms with E-state index in [2.05, 4.69) is 0 Å². The number of hydrogen-bond donors (Lipinski definition) is 0. The van der Waals surface area contributed by atoms with Gasteiger partial charge in [-0.1, -0.05) is 12.1 Å². The van der Waals surface area contributed by atoms with Crippen LogP contribution in [-0.2, 0) is 14.3 Å². The van der Waals surface area contributed by atoms with Crippen molar-refractivity contribution in [2.75, 3.05) is 6.61 Å². The van der Waals surface area contributed by atoms with E-state index in [1.807, 2.05) is 40.7 Å². The molecule has 0 aliphatic heterocycles. The highest BCUT2D eigenvalue weighted by Crippen LogP contribution is 2.16. The molecule has 6 heteroatoms. The summed E-state index contributed by atoms with van der Waals surface area (Å²) in [4.78, 5) is 26.5. The van der Waals surface area contributed by atoms with Gasteiger partial charge in [-0.2, -0.15) is 5.26 Å². The number of nitrogens with zero attached hydrogens (tertiary/aromatic N) is 2. The van der Waals surface area contributed by atoms with Gasteiger partial charge in [-0.25, -0.2) is 4.79 Å². The first kappa shape index (κ1) is 22.2. The second kappa shape index (κ2) is 10.4. The van der Waals surface area contributed by atoms with Crippen molar-refractivity contribution in [1.29, 1.82) is 5.26 Å². The number of ether oxygens (including phenoxy) is 2. The zero-order chi connectivity index (χ0) is 20.6. The standard InChI is InChI=1S/C21H28N2O4/c1-7-26-19-10-8-17(9-11-19)12-18(13-22)21(25)27-16(6)20(24)23(14(2)3)15(4)5/h8-12,14-16H,7H2,1-6H3/b18-12+/t16-/m1/s1. The monoisotopic (exact) mass is 372 g/mol. The lowest BCUT2D eigenvalue weighted by atomic mass is 10.1. The van der Waals surface area contributed by atoms with E-state index in [0.29, 0.717) is 17.9 Å². The van der Waals surface area contributed by atoms with Crippen LogP contribution in [0, 0.1) is 11.3 Å². The Morgan fingerprint density at radius 3 is 2.11 bits per heavy atom. The van der Waals surface area contributed by atoms with E-state index < -0.39 is 12.1 Å². The third-order valence-corrected chi connectivity index (χ3v) is 3.84. The molecule has 0 saturated carbocycles. The summed E-state index contributed by atoms with van der Waals surface area (Å²) < 4.78 is 10.6. The van der Waals surface area contributed by atoms with Gasteiger partial charge in [-0.3, -0.25) is 4.79 Å². The van der Waals surface area contributed by atoms with E-state index in [4.69, 9.17) is 9.47 Å². The molecular formula is C21H28N2O4. The smallest absolute Gasteiger partial charge is 0.349 e. The van der Waals surface area contributed by atoms with Crippen LogP contribution in [-0.4, -0.2) is 41.6 Å². The molecule has 27 heavy (non-hydrogen) atoms. The number of amides is 1. The van der Waals surface area contributed by atoms with Gasteiger partial charge in [-0.05, 0) is 65.3 Å². The molecule has 0 radical (unpaired) electrons. The lowest BCUT2D eigenvalue weighted by molar-refractivity contribution is -0.157. The van der Waals surface area contributed by atoms with Crippen LogP contribution >= 0.6 is 0 Å². The molecule has 0 aliphatic rings. The minimum absolute atomic E-state index is 0.0199. The van der Waals surface area contributed by atoms with Gasteiger partial charge in [0, 0.05) is 12.1 Å². The van der Waals surface area contributed by atoms with Crippen LogP contribution in [0.2, 0.25) is 0 Å². The highest BCUT2D eigenvalue weighted by atomic mass is 16.5. The van der Waals surface area contributed by atoms with E-state index >= 15 is 0 Å². The summed E-state index contributed by atoms with van der Waals surface area (Å²) in [5.41, 5.74) is 0.497. The third-order valence-electron chi connectivity index (χ3n) is 3.84. The SMILES string of the molecule is CCOc1ccc(/C=C(\C#N)C(=O)O[C@H](C)C(=O)N(C(C)C)C(C)C)cc1. The molecule has 1 amide bonds. The summed E-state index contributed by atoms with van der Waals surface area (Å²) in [7, 11) is 0. The molecule has 146 valence electrons. The van der Waals surface area contributed by atoms with Crippen LogP contribution in [0.1, 0.15) is 47.1 Å². The van der Waals surface area contributed by atoms with E-state index in [-0.39, 0.29) is 23.6 Å². The molecule has 1 atom stereocenters. The van der Waals surface area contributed by atoms with Gasteiger partial charge >= 0.3 is 5.97 Å². The van der Waals surface area contributed by atoms with Crippen LogP contribution in [0.25, 0.3) is 6.08 Å². The molecule has 0 unspecified atom stereocenters. The summed E-state index contributed by atoms with van der Waals surface area (Å²) in [6, 6.07) is 8.79. The van der Waals surface area contributed by atoms with Crippen LogP contribution in [0.5, 0.6) is 5.75 Å². The molecule has 0 aliphatic carbocycles. The number of carbonyl (C=O) groups is 2. The topological polar surface area (TPSA) is 79.6 Å². The Kier molecular flexibility index (Phi) is 8.53. The van der Waals surface area contributed by atoms with Crippen LogP contribution in [0.4, 0.5) is 0 Å².